The fourth-order valence-corrected chi connectivity index (χ4v) is 1.60. The molecule has 0 spiro atoms. The largest absolute Gasteiger partial charge is 0.494 e. The van der Waals surface area contributed by atoms with Crippen LogP contribution in [0.15, 0.2) is 42.6 Å². The van der Waals surface area contributed by atoms with Crippen LogP contribution in [-0.4, -0.2) is 17.5 Å². The molecule has 0 aliphatic rings. The standard InChI is InChI=1S/C15H15FN2O2/c1-2-8-20-13-5-3-4-12(9-13)18-15(19)11-6-7-14(16)17-10-11/h3-7,9-10H,2,8H2,1H3,(H,18,19). The van der Waals surface area contributed by atoms with E-state index in [4.69, 9.17) is 4.74 Å². The van der Waals surface area contributed by atoms with Gasteiger partial charge in [-0.2, -0.15) is 4.39 Å². The van der Waals surface area contributed by atoms with Crippen molar-refractivity contribution in [3.63, 3.8) is 0 Å². The Morgan fingerprint density at radius 1 is 1.35 bits per heavy atom. The van der Waals surface area contributed by atoms with Crippen LogP contribution in [0.5, 0.6) is 5.75 Å². The minimum Gasteiger partial charge on any atom is -0.494 e. The van der Waals surface area contributed by atoms with Gasteiger partial charge in [0.2, 0.25) is 5.95 Å². The number of anilines is 1. The first-order valence-corrected chi connectivity index (χ1v) is 6.35. The zero-order valence-corrected chi connectivity index (χ0v) is 11.1. The highest BCUT2D eigenvalue weighted by molar-refractivity contribution is 6.04. The van der Waals surface area contributed by atoms with Crippen LogP contribution in [0.25, 0.3) is 0 Å². The zero-order valence-electron chi connectivity index (χ0n) is 11.1. The summed E-state index contributed by atoms with van der Waals surface area (Å²) < 4.78 is 18.2. The second kappa shape index (κ2) is 6.65. The Kier molecular flexibility index (Phi) is 4.65. The van der Waals surface area contributed by atoms with Crippen molar-refractivity contribution in [2.75, 3.05) is 11.9 Å². The van der Waals surface area contributed by atoms with Gasteiger partial charge in [-0.05, 0) is 30.7 Å². The van der Waals surface area contributed by atoms with E-state index in [0.29, 0.717) is 23.6 Å². The fourth-order valence-electron chi connectivity index (χ4n) is 1.60. The molecule has 20 heavy (non-hydrogen) atoms. The number of carbonyl (C=O) groups is 1. The summed E-state index contributed by atoms with van der Waals surface area (Å²) in [5.41, 5.74) is 0.916. The van der Waals surface area contributed by atoms with Crippen molar-refractivity contribution >= 4 is 11.6 Å². The van der Waals surface area contributed by atoms with E-state index >= 15 is 0 Å². The summed E-state index contributed by atoms with van der Waals surface area (Å²) in [6.07, 6.45) is 2.11. The molecular formula is C15H15FN2O2. The van der Waals surface area contributed by atoms with E-state index in [1.165, 1.54) is 12.3 Å². The number of hydrogen-bond acceptors (Lipinski definition) is 3. The van der Waals surface area contributed by atoms with Crippen molar-refractivity contribution in [1.29, 1.82) is 0 Å². The van der Waals surface area contributed by atoms with Crippen LogP contribution in [0.2, 0.25) is 0 Å². The Labute approximate surface area is 116 Å². The summed E-state index contributed by atoms with van der Waals surface area (Å²) in [5, 5.41) is 2.71. The predicted molar refractivity (Wildman–Crippen MR) is 74.4 cm³/mol. The molecule has 1 N–H and O–H groups in total. The zero-order chi connectivity index (χ0) is 14.4. The van der Waals surface area contributed by atoms with Crippen LogP contribution >= 0.6 is 0 Å². The summed E-state index contributed by atoms with van der Waals surface area (Å²) in [6, 6.07) is 9.65. The van der Waals surface area contributed by atoms with Gasteiger partial charge in [-0.1, -0.05) is 13.0 Å². The van der Waals surface area contributed by atoms with Gasteiger partial charge in [-0.3, -0.25) is 4.79 Å². The topological polar surface area (TPSA) is 51.2 Å². The van der Waals surface area contributed by atoms with Gasteiger partial charge >= 0.3 is 0 Å². The van der Waals surface area contributed by atoms with E-state index in [-0.39, 0.29) is 5.91 Å². The van der Waals surface area contributed by atoms with E-state index in [0.717, 1.165) is 12.5 Å². The van der Waals surface area contributed by atoms with E-state index in [9.17, 15) is 9.18 Å². The first kappa shape index (κ1) is 14.0. The second-order valence-electron chi connectivity index (χ2n) is 4.20. The van der Waals surface area contributed by atoms with Gasteiger partial charge in [0.15, 0.2) is 0 Å². The Morgan fingerprint density at radius 2 is 2.20 bits per heavy atom. The summed E-state index contributed by atoms with van der Waals surface area (Å²) in [4.78, 5) is 15.4. The molecule has 0 fully saturated rings. The average Bonchev–Trinajstić information content (AvgIpc) is 2.46. The number of carbonyl (C=O) groups excluding carboxylic acids is 1. The Morgan fingerprint density at radius 3 is 2.90 bits per heavy atom. The molecule has 0 unspecified atom stereocenters. The van der Waals surface area contributed by atoms with Gasteiger partial charge in [-0.15, -0.1) is 0 Å². The lowest BCUT2D eigenvalue weighted by atomic mass is 10.2. The highest BCUT2D eigenvalue weighted by Crippen LogP contribution is 2.18. The summed E-state index contributed by atoms with van der Waals surface area (Å²) in [7, 11) is 0. The Balaban J connectivity index is 2.05. The third-order valence-electron chi connectivity index (χ3n) is 2.55. The van der Waals surface area contributed by atoms with Crippen molar-refractivity contribution in [3.8, 4) is 5.75 Å². The number of nitrogens with zero attached hydrogens (tertiary/aromatic N) is 1. The van der Waals surface area contributed by atoms with Crippen LogP contribution in [0.1, 0.15) is 23.7 Å². The maximum absolute atomic E-state index is 12.7. The van der Waals surface area contributed by atoms with E-state index in [1.54, 1.807) is 18.2 Å². The number of nitrogens with one attached hydrogen (secondary N) is 1. The fraction of sp³-hybridized carbons (Fsp3) is 0.200. The molecule has 1 aromatic heterocycles. The lowest BCUT2D eigenvalue weighted by Crippen LogP contribution is -2.12. The maximum Gasteiger partial charge on any atom is 0.257 e. The molecular weight excluding hydrogens is 259 g/mol. The molecule has 1 heterocycles. The summed E-state index contributed by atoms with van der Waals surface area (Å²) in [6.45, 7) is 2.65. The summed E-state index contributed by atoms with van der Waals surface area (Å²) in [5.74, 6) is -0.261. The molecule has 0 bridgehead atoms. The Hall–Kier alpha value is -2.43. The highest BCUT2D eigenvalue weighted by Gasteiger charge is 2.07. The first-order valence-electron chi connectivity index (χ1n) is 6.35. The van der Waals surface area contributed by atoms with Crippen molar-refractivity contribution in [3.05, 3.63) is 54.1 Å². The van der Waals surface area contributed by atoms with Crippen LogP contribution in [0, 0.1) is 5.95 Å². The van der Waals surface area contributed by atoms with Crippen molar-refractivity contribution in [1.82, 2.24) is 4.98 Å². The third kappa shape index (κ3) is 3.78. The smallest absolute Gasteiger partial charge is 0.257 e. The van der Waals surface area contributed by atoms with Crippen molar-refractivity contribution in [2.45, 2.75) is 13.3 Å². The van der Waals surface area contributed by atoms with Crippen LogP contribution < -0.4 is 10.1 Å². The van der Waals surface area contributed by atoms with Crippen molar-refractivity contribution < 1.29 is 13.9 Å². The number of hydrogen-bond donors (Lipinski definition) is 1. The number of halogens is 1. The maximum atomic E-state index is 12.7. The molecule has 0 saturated carbocycles. The predicted octanol–water partition coefficient (Wildman–Crippen LogP) is 3.26. The third-order valence-corrected chi connectivity index (χ3v) is 2.55. The normalized spacial score (nSPS) is 10.1. The molecule has 2 rings (SSSR count). The molecule has 2 aromatic rings. The number of benzene rings is 1. The lowest BCUT2D eigenvalue weighted by molar-refractivity contribution is 0.102. The van der Waals surface area contributed by atoms with Gasteiger partial charge in [0.1, 0.15) is 5.75 Å². The SMILES string of the molecule is CCCOc1cccc(NC(=O)c2ccc(F)nc2)c1. The number of aromatic nitrogens is 1. The van der Waals surface area contributed by atoms with Gasteiger partial charge < -0.3 is 10.1 Å². The summed E-state index contributed by atoms with van der Waals surface area (Å²) >= 11 is 0. The average molecular weight is 274 g/mol. The number of rotatable bonds is 5. The second-order valence-corrected chi connectivity index (χ2v) is 4.20. The van der Waals surface area contributed by atoms with Gasteiger partial charge in [0, 0.05) is 18.0 Å². The molecule has 4 nitrogen and oxygen atoms in total. The van der Waals surface area contributed by atoms with E-state index < -0.39 is 5.95 Å². The van der Waals surface area contributed by atoms with Gasteiger partial charge in [0.05, 0.1) is 12.2 Å². The van der Waals surface area contributed by atoms with Gasteiger partial charge in [0.25, 0.3) is 5.91 Å². The van der Waals surface area contributed by atoms with E-state index in [1.807, 2.05) is 13.0 Å². The monoisotopic (exact) mass is 274 g/mol. The van der Waals surface area contributed by atoms with Gasteiger partial charge in [-0.25, -0.2) is 4.98 Å². The first-order chi connectivity index (χ1) is 9.69. The molecule has 1 aromatic carbocycles. The Bertz CT molecular complexity index is 585. The molecule has 0 aliphatic heterocycles. The van der Waals surface area contributed by atoms with Crippen LogP contribution in [-0.2, 0) is 0 Å². The quantitative estimate of drug-likeness (QED) is 0.851. The van der Waals surface area contributed by atoms with Crippen molar-refractivity contribution in [2.24, 2.45) is 0 Å². The van der Waals surface area contributed by atoms with E-state index in [2.05, 4.69) is 10.3 Å². The highest BCUT2D eigenvalue weighted by atomic mass is 19.1. The molecule has 0 saturated heterocycles. The molecule has 0 atom stereocenters. The number of ether oxygens (including phenoxy) is 1. The molecule has 104 valence electrons. The molecule has 0 aliphatic carbocycles. The van der Waals surface area contributed by atoms with Crippen LogP contribution in [0.3, 0.4) is 0 Å². The lowest BCUT2D eigenvalue weighted by Gasteiger charge is -2.08. The molecule has 0 radical (unpaired) electrons. The molecule has 5 heteroatoms. The number of pyridine rings is 1. The van der Waals surface area contributed by atoms with Crippen LogP contribution in [0.4, 0.5) is 10.1 Å². The molecule has 1 amide bonds. The minimum absolute atomic E-state index is 0.297. The minimum atomic E-state index is -0.614. The number of amides is 1.